The number of piperazine rings is 1. The summed E-state index contributed by atoms with van der Waals surface area (Å²) in [6.45, 7) is 7.27. The van der Waals surface area contributed by atoms with Crippen molar-refractivity contribution in [2.75, 3.05) is 37.6 Å². The molecule has 0 bridgehead atoms. The summed E-state index contributed by atoms with van der Waals surface area (Å²) >= 11 is 0. The van der Waals surface area contributed by atoms with E-state index in [-0.39, 0.29) is 11.8 Å². The summed E-state index contributed by atoms with van der Waals surface area (Å²) in [6, 6.07) is 10.2. The Morgan fingerprint density at radius 2 is 1.61 bits per heavy atom. The molecule has 1 aromatic carbocycles. The highest BCUT2D eigenvalue weighted by molar-refractivity contribution is 5.93. The number of anilines is 1. The second kappa shape index (κ2) is 7.58. The molecule has 0 spiro atoms. The lowest BCUT2D eigenvalue weighted by Gasteiger charge is -2.34. The first-order valence-corrected chi connectivity index (χ1v) is 9.73. The predicted molar refractivity (Wildman–Crippen MR) is 106 cm³/mol. The minimum atomic E-state index is -0.0904. The van der Waals surface area contributed by atoms with Gasteiger partial charge in [-0.3, -0.25) is 9.59 Å². The predicted octanol–water partition coefficient (Wildman–Crippen LogP) is 1.65. The second-order valence-corrected chi connectivity index (χ2v) is 7.43. The lowest BCUT2D eigenvalue weighted by atomic mass is 10.0. The molecule has 1 fully saturated rings. The molecule has 28 heavy (non-hydrogen) atoms. The third-order valence-corrected chi connectivity index (χ3v) is 5.49. The van der Waals surface area contributed by atoms with E-state index in [0.717, 1.165) is 25.2 Å². The van der Waals surface area contributed by atoms with E-state index in [1.165, 1.54) is 11.1 Å². The van der Waals surface area contributed by atoms with Crippen LogP contribution in [0.15, 0.2) is 30.3 Å². The molecular weight excluding hydrogens is 354 g/mol. The van der Waals surface area contributed by atoms with Crippen molar-refractivity contribution in [1.29, 1.82) is 0 Å². The number of hydrogen-bond acceptors (Lipinski definition) is 5. The second-order valence-electron chi connectivity index (χ2n) is 7.43. The van der Waals surface area contributed by atoms with Gasteiger partial charge >= 0.3 is 0 Å². The van der Waals surface area contributed by atoms with Crippen molar-refractivity contribution in [3.63, 3.8) is 0 Å². The SMILES string of the molecule is CC(=O)N1CCN(C(=O)c2cc(C)nc(N3CCc4ccccc4C3)n2)CC1. The fourth-order valence-electron chi connectivity index (χ4n) is 3.86. The monoisotopic (exact) mass is 379 g/mol. The van der Waals surface area contributed by atoms with E-state index in [1.807, 2.05) is 6.92 Å². The average Bonchev–Trinajstić information content (AvgIpc) is 2.72. The van der Waals surface area contributed by atoms with Crippen LogP contribution in [0.4, 0.5) is 5.95 Å². The number of fused-ring (bicyclic) bond motifs is 1. The molecule has 1 saturated heterocycles. The number of rotatable bonds is 2. The molecular formula is C21H25N5O2. The molecule has 0 unspecified atom stereocenters. The molecule has 4 rings (SSSR count). The minimum Gasteiger partial charge on any atom is -0.339 e. The Morgan fingerprint density at radius 1 is 0.929 bits per heavy atom. The highest BCUT2D eigenvalue weighted by atomic mass is 16.2. The van der Waals surface area contributed by atoms with E-state index >= 15 is 0 Å². The Bertz CT molecular complexity index is 905. The highest BCUT2D eigenvalue weighted by Gasteiger charge is 2.26. The Morgan fingerprint density at radius 3 is 2.32 bits per heavy atom. The molecule has 0 radical (unpaired) electrons. The summed E-state index contributed by atoms with van der Waals surface area (Å²) in [5.74, 6) is 0.574. The van der Waals surface area contributed by atoms with Crippen molar-refractivity contribution >= 4 is 17.8 Å². The summed E-state index contributed by atoms with van der Waals surface area (Å²) in [4.78, 5) is 39.3. The average molecular weight is 379 g/mol. The zero-order valence-corrected chi connectivity index (χ0v) is 16.4. The summed E-state index contributed by atoms with van der Waals surface area (Å²) in [5, 5.41) is 0. The van der Waals surface area contributed by atoms with E-state index in [0.29, 0.717) is 37.8 Å². The fraction of sp³-hybridized carbons (Fsp3) is 0.429. The molecule has 2 amide bonds. The van der Waals surface area contributed by atoms with Crippen LogP contribution < -0.4 is 4.90 Å². The zero-order valence-electron chi connectivity index (χ0n) is 16.4. The van der Waals surface area contributed by atoms with Crippen LogP contribution in [0.2, 0.25) is 0 Å². The number of nitrogens with zero attached hydrogens (tertiary/aromatic N) is 5. The summed E-state index contributed by atoms with van der Waals surface area (Å²) < 4.78 is 0. The minimum absolute atomic E-state index is 0.0534. The topological polar surface area (TPSA) is 69.6 Å². The van der Waals surface area contributed by atoms with E-state index in [2.05, 4.69) is 39.1 Å². The number of hydrogen-bond donors (Lipinski definition) is 0. The van der Waals surface area contributed by atoms with Crippen LogP contribution in [0.5, 0.6) is 0 Å². The maximum atomic E-state index is 13.0. The Kier molecular flexibility index (Phi) is 4.98. The number of amides is 2. The van der Waals surface area contributed by atoms with Gasteiger partial charge in [0.25, 0.3) is 5.91 Å². The molecule has 0 atom stereocenters. The summed E-state index contributed by atoms with van der Waals surface area (Å²) in [7, 11) is 0. The van der Waals surface area contributed by atoms with E-state index < -0.39 is 0 Å². The number of carbonyl (C=O) groups excluding carboxylic acids is 2. The molecule has 1 aromatic heterocycles. The van der Waals surface area contributed by atoms with Crippen LogP contribution in [-0.4, -0.2) is 64.3 Å². The van der Waals surface area contributed by atoms with Crippen molar-refractivity contribution in [1.82, 2.24) is 19.8 Å². The van der Waals surface area contributed by atoms with Crippen LogP contribution in [-0.2, 0) is 17.8 Å². The fourth-order valence-corrected chi connectivity index (χ4v) is 3.86. The van der Waals surface area contributed by atoms with Gasteiger partial charge in [-0.1, -0.05) is 24.3 Å². The van der Waals surface area contributed by atoms with E-state index in [1.54, 1.807) is 22.8 Å². The van der Waals surface area contributed by atoms with Gasteiger partial charge in [0.1, 0.15) is 5.69 Å². The van der Waals surface area contributed by atoms with Gasteiger partial charge in [0.15, 0.2) is 0 Å². The molecule has 7 heteroatoms. The molecule has 0 N–H and O–H groups in total. The Balaban J connectivity index is 1.52. The van der Waals surface area contributed by atoms with Crippen LogP contribution in [0.1, 0.15) is 34.2 Å². The number of carbonyl (C=O) groups is 2. The number of benzene rings is 1. The quantitative estimate of drug-likeness (QED) is 0.794. The molecule has 3 heterocycles. The highest BCUT2D eigenvalue weighted by Crippen LogP contribution is 2.22. The lowest BCUT2D eigenvalue weighted by Crippen LogP contribution is -2.50. The van der Waals surface area contributed by atoms with Crippen molar-refractivity contribution in [2.24, 2.45) is 0 Å². The normalized spacial score (nSPS) is 16.7. The van der Waals surface area contributed by atoms with Crippen LogP contribution in [0, 0.1) is 6.92 Å². The lowest BCUT2D eigenvalue weighted by molar-refractivity contribution is -0.130. The van der Waals surface area contributed by atoms with Crippen molar-refractivity contribution < 1.29 is 9.59 Å². The Hall–Kier alpha value is -2.96. The molecule has 2 aromatic rings. The van der Waals surface area contributed by atoms with E-state index in [9.17, 15) is 9.59 Å². The van der Waals surface area contributed by atoms with E-state index in [4.69, 9.17) is 0 Å². The van der Waals surface area contributed by atoms with Gasteiger partial charge in [-0.15, -0.1) is 0 Å². The van der Waals surface area contributed by atoms with Gasteiger partial charge in [0, 0.05) is 51.9 Å². The smallest absolute Gasteiger partial charge is 0.272 e. The number of aryl methyl sites for hydroxylation is 1. The first-order chi connectivity index (χ1) is 13.5. The maximum absolute atomic E-state index is 13.0. The first-order valence-electron chi connectivity index (χ1n) is 9.73. The van der Waals surface area contributed by atoms with Gasteiger partial charge < -0.3 is 14.7 Å². The summed E-state index contributed by atoms with van der Waals surface area (Å²) in [6.07, 6.45) is 0.948. The summed E-state index contributed by atoms with van der Waals surface area (Å²) in [5.41, 5.74) is 3.87. The zero-order chi connectivity index (χ0) is 19.7. The molecule has 2 aliphatic heterocycles. The molecule has 0 aliphatic carbocycles. The molecule has 7 nitrogen and oxygen atoms in total. The Labute approximate surface area is 165 Å². The van der Waals surface area contributed by atoms with Crippen molar-refractivity contribution in [2.45, 2.75) is 26.8 Å². The van der Waals surface area contributed by atoms with Gasteiger partial charge in [-0.25, -0.2) is 9.97 Å². The number of aromatic nitrogens is 2. The van der Waals surface area contributed by atoms with Gasteiger partial charge in [0.05, 0.1) is 0 Å². The maximum Gasteiger partial charge on any atom is 0.272 e. The molecule has 2 aliphatic rings. The van der Waals surface area contributed by atoms with Crippen molar-refractivity contribution in [3.05, 3.63) is 52.8 Å². The van der Waals surface area contributed by atoms with Gasteiger partial charge in [-0.2, -0.15) is 0 Å². The van der Waals surface area contributed by atoms with Crippen molar-refractivity contribution in [3.8, 4) is 0 Å². The largest absolute Gasteiger partial charge is 0.339 e. The van der Waals surface area contributed by atoms with Crippen LogP contribution in [0.3, 0.4) is 0 Å². The molecule has 0 saturated carbocycles. The van der Waals surface area contributed by atoms with Crippen LogP contribution >= 0.6 is 0 Å². The van der Waals surface area contributed by atoms with Crippen LogP contribution in [0.25, 0.3) is 0 Å². The third kappa shape index (κ3) is 3.69. The first kappa shape index (κ1) is 18.4. The standard InChI is InChI=1S/C21H25N5O2/c1-15-13-19(20(28)25-11-9-24(10-12-25)16(2)27)23-21(22-15)26-8-7-17-5-3-4-6-18(17)14-26/h3-6,13H,7-12,14H2,1-2H3. The van der Waals surface area contributed by atoms with Gasteiger partial charge in [-0.05, 0) is 30.5 Å². The molecule has 146 valence electrons. The third-order valence-electron chi connectivity index (χ3n) is 5.49. The van der Waals surface area contributed by atoms with Gasteiger partial charge in [0.2, 0.25) is 11.9 Å².